The number of benzene rings is 2. The first-order chi connectivity index (χ1) is 16.1. The second kappa shape index (κ2) is 9.11. The molecule has 0 amide bonds. The maximum Gasteiger partial charge on any atom is 0.227 e. The first-order valence-corrected chi connectivity index (χ1v) is 11.3. The van der Waals surface area contributed by atoms with E-state index in [1.54, 1.807) is 18.3 Å². The topological polar surface area (TPSA) is 67.7 Å². The third-order valence-corrected chi connectivity index (χ3v) is 6.23. The molecule has 0 aliphatic carbocycles. The van der Waals surface area contributed by atoms with Gasteiger partial charge in [-0.15, -0.1) is 0 Å². The lowest BCUT2D eigenvalue weighted by atomic mass is 10.0. The molecule has 1 aliphatic rings. The van der Waals surface area contributed by atoms with Crippen LogP contribution >= 0.6 is 0 Å². The maximum absolute atomic E-state index is 13.6. The molecule has 6 nitrogen and oxygen atoms in total. The third-order valence-electron chi connectivity index (χ3n) is 6.23. The van der Waals surface area contributed by atoms with E-state index in [1.807, 2.05) is 18.5 Å². The first-order valence-electron chi connectivity index (χ1n) is 11.3. The summed E-state index contributed by atoms with van der Waals surface area (Å²) in [4.78, 5) is 14.1. The smallest absolute Gasteiger partial charge is 0.227 e. The minimum absolute atomic E-state index is 0.264. The number of hydrogen-bond donors (Lipinski definition) is 2. The Bertz CT molecular complexity index is 1240. The van der Waals surface area contributed by atoms with Crippen LogP contribution in [-0.4, -0.2) is 32.6 Å². The zero-order valence-corrected chi connectivity index (χ0v) is 18.8. The summed E-state index contributed by atoms with van der Waals surface area (Å²) in [6.45, 7) is 6.07. The average molecular weight is 443 g/mol. The molecule has 2 aromatic carbocycles. The largest absolute Gasteiger partial charge is 0.326 e. The monoisotopic (exact) mass is 442 g/mol. The highest BCUT2D eigenvalue weighted by Crippen LogP contribution is 2.35. The van der Waals surface area contributed by atoms with Crippen LogP contribution in [0.25, 0.3) is 22.6 Å². The van der Waals surface area contributed by atoms with Crippen molar-refractivity contribution in [2.45, 2.75) is 32.7 Å². The van der Waals surface area contributed by atoms with Crippen molar-refractivity contribution in [2.75, 3.05) is 18.4 Å². The molecular formula is C26H27FN6. The number of halogens is 1. The number of nitrogens with zero attached hydrogens (tertiary/aromatic N) is 4. The SMILES string of the molecule is Cc1cccc(C)c1Nc1nccc(-c2c(-c3ccc(F)cc3)ncn2C2CCNCC2)n1. The standard InChI is InChI=1S/C26H27FN6/c1-17-4-3-5-18(2)23(17)32-26-29-15-12-22(31-26)25-24(19-6-8-20(27)9-7-19)30-16-33(25)21-10-13-28-14-11-21/h3-9,12,15-16,21,28H,10-11,13-14H2,1-2H3,(H,29,31,32). The molecule has 3 heterocycles. The molecule has 1 saturated heterocycles. The molecular weight excluding hydrogens is 415 g/mol. The van der Waals surface area contributed by atoms with Gasteiger partial charge in [0.25, 0.3) is 0 Å². The molecule has 168 valence electrons. The van der Waals surface area contributed by atoms with Gasteiger partial charge in [-0.1, -0.05) is 18.2 Å². The summed E-state index contributed by atoms with van der Waals surface area (Å²) >= 11 is 0. The molecule has 2 aromatic heterocycles. The molecule has 4 aromatic rings. The van der Waals surface area contributed by atoms with Crippen molar-refractivity contribution in [2.24, 2.45) is 0 Å². The van der Waals surface area contributed by atoms with Crippen molar-refractivity contribution in [3.63, 3.8) is 0 Å². The Kier molecular flexibility index (Phi) is 5.88. The van der Waals surface area contributed by atoms with Gasteiger partial charge in [0, 0.05) is 23.5 Å². The fourth-order valence-electron chi connectivity index (χ4n) is 4.47. The van der Waals surface area contributed by atoms with E-state index in [0.29, 0.717) is 12.0 Å². The number of aryl methyl sites for hydroxylation is 2. The predicted octanol–water partition coefficient (Wildman–Crippen LogP) is 5.43. The molecule has 0 unspecified atom stereocenters. The number of para-hydroxylation sites is 1. The second-order valence-electron chi connectivity index (χ2n) is 8.49. The zero-order chi connectivity index (χ0) is 22.8. The van der Waals surface area contributed by atoms with E-state index in [2.05, 4.69) is 46.2 Å². The van der Waals surface area contributed by atoms with Gasteiger partial charge in [-0.05, 0) is 81.2 Å². The van der Waals surface area contributed by atoms with Crippen LogP contribution in [0.4, 0.5) is 16.0 Å². The van der Waals surface area contributed by atoms with E-state index in [4.69, 9.17) is 9.97 Å². The summed E-state index contributed by atoms with van der Waals surface area (Å²) in [6.07, 6.45) is 5.70. The molecule has 0 spiro atoms. The maximum atomic E-state index is 13.6. The minimum atomic E-state index is -0.264. The van der Waals surface area contributed by atoms with Crippen LogP contribution in [0.5, 0.6) is 0 Å². The van der Waals surface area contributed by atoms with Crippen molar-refractivity contribution in [3.8, 4) is 22.6 Å². The van der Waals surface area contributed by atoms with Crippen LogP contribution in [0.3, 0.4) is 0 Å². The fourth-order valence-corrected chi connectivity index (χ4v) is 4.47. The van der Waals surface area contributed by atoms with E-state index in [0.717, 1.165) is 65.4 Å². The van der Waals surface area contributed by atoms with Crippen molar-refractivity contribution >= 4 is 11.6 Å². The lowest BCUT2D eigenvalue weighted by Crippen LogP contribution is -2.29. The van der Waals surface area contributed by atoms with Crippen molar-refractivity contribution < 1.29 is 4.39 Å². The first kappa shape index (κ1) is 21.3. The lowest BCUT2D eigenvalue weighted by Gasteiger charge is -2.25. The summed E-state index contributed by atoms with van der Waals surface area (Å²) in [5, 5.41) is 6.82. The normalized spacial score (nSPS) is 14.4. The Hall–Kier alpha value is -3.58. The Balaban J connectivity index is 1.59. The van der Waals surface area contributed by atoms with Crippen LogP contribution in [0, 0.1) is 19.7 Å². The van der Waals surface area contributed by atoms with Crippen molar-refractivity contribution in [3.05, 3.63) is 78.0 Å². The molecule has 2 N–H and O–H groups in total. The molecule has 0 saturated carbocycles. The number of anilines is 2. The molecule has 7 heteroatoms. The molecule has 33 heavy (non-hydrogen) atoms. The lowest BCUT2D eigenvalue weighted by molar-refractivity contribution is 0.370. The number of hydrogen-bond acceptors (Lipinski definition) is 5. The Labute approximate surface area is 192 Å². The van der Waals surface area contributed by atoms with Gasteiger partial charge in [-0.3, -0.25) is 0 Å². The molecule has 0 radical (unpaired) electrons. The van der Waals surface area contributed by atoms with Crippen LogP contribution in [0.15, 0.2) is 61.1 Å². The van der Waals surface area contributed by atoms with Gasteiger partial charge in [0.05, 0.1) is 23.4 Å². The highest BCUT2D eigenvalue weighted by molar-refractivity contribution is 5.77. The summed E-state index contributed by atoms with van der Waals surface area (Å²) in [6, 6.07) is 14.9. The highest BCUT2D eigenvalue weighted by atomic mass is 19.1. The number of imidazole rings is 1. The van der Waals surface area contributed by atoms with E-state index >= 15 is 0 Å². The number of aromatic nitrogens is 4. The van der Waals surface area contributed by atoms with Crippen molar-refractivity contribution in [1.82, 2.24) is 24.8 Å². The van der Waals surface area contributed by atoms with Gasteiger partial charge in [0.2, 0.25) is 5.95 Å². The van der Waals surface area contributed by atoms with Crippen molar-refractivity contribution in [1.29, 1.82) is 0 Å². The van der Waals surface area contributed by atoms with Gasteiger partial charge >= 0.3 is 0 Å². The van der Waals surface area contributed by atoms with Crippen LogP contribution in [0.1, 0.15) is 30.0 Å². The average Bonchev–Trinajstić information content (AvgIpc) is 3.28. The molecule has 1 fully saturated rings. The quantitative estimate of drug-likeness (QED) is 0.431. The van der Waals surface area contributed by atoms with Crippen LogP contribution in [-0.2, 0) is 0 Å². The summed E-state index contributed by atoms with van der Waals surface area (Å²) in [5.74, 6) is 0.272. The molecule has 0 bridgehead atoms. The second-order valence-corrected chi connectivity index (χ2v) is 8.49. The van der Waals surface area contributed by atoms with E-state index in [-0.39, 0.29) is 5.82 Å². The summed E-state index contributed by atoms with van der Waals surface area (Å²) in [7, 11) is 0. The number of nitrogens with one attached hydrogen (secondary N) is 2. The number of rotatable bonds is 5. The van der Waals surface area contributed by atoms with Gasteiger partial charge in [-0.25, -0.2) is 19.3 Å². The zero-order valence-electron chi connectivity index (χ0n) is 18.8. The minimum Gasteiger partial charge on any atom is -0.326 e. The van der Waals surface area contributed by atoms with Crippen LogP contribution in [0.2, 0.25) is 0 Å². The summed E-state index contributed by atoms with van der Waals surface area (Å²) in [5.41, 5.74) is 6.66. The Morgan fingerprint density at radius 3 is 2.42 bits per heavy atom. The third kappa shape index (κ3) is 4.36. The fraction of sp³-hybridized carbons (Fsp3) is 0.269. The molecule has 0 atom stereocenters. The van der Waals surface area contributed by atoms with E-state index in [9.17, 15) is 4.39 Å². The van der Waals surface area contributed by atoms with Gasteiger partial charge in [0.1, 0.15) is 5.82 Å². The van der Waals surface area contributed by atoms with E-state index in [1.165, 1.54) is 12.1 Å². The Morgan fingerprint density at radius 1 is 0.970 bits per heavy atom. The highest BCUT2D eigenvalue weighted by Gasteiger charge is 2.23. The van der Waals surface area contributed by atoms with Gasteiger partial charge < -0.3 is 15.2 Å². The van der Waals surface area contributed by atoms with Gasteiger partial charge in [0.15, 0.2) is 0 Å². The predicted molar refractivity (Wildman–Crippen MR) is 129 cm³/mol. The van der Waals surface area contributed by atoms with E-state index < -0.39 is 0 Å². The van der Waals surface area contributed by atoms with Crippen LogP contribution < -0.4 is 10.6 Å². The Morgan fingerprint density at radius 2 is 1.70 bits per heavy atom. The molecule has 5 rings (SSSR count). The summed E-state index contributed by atoms with van der Waals surface area (Å²) < 4.78 is 15.8. The van der Waals surface area contributed by atoms with Gasteiger partial charge in [-0.2, -0.15) is 0 Å². The number of piperidine rings is 1. The molecule has 1 aliphatic heterocycles.